The van der Waals surface area contributed by atoms with Crippen LogP contribution in [0.15, 0.2) is 44.9 Å². The largest absolute Gasteiger partial charge is 0.300 e. The number of hydrogen-bond acceptors (Lipinski definition) is 7. The zero-order chi connectivity index (χ0) is 17.8. The van der Waals surface area contributed by atoms with E-state index in [2.05, 4.69) is 45.2 Å². The van der Waals surface area contributed by atoms with Crippen LogP contribution >= 0.6 is 46.2 Å². The van der Waals surface area contributed by atoms with Crippen LogP contribution in [0.25, 0.3) is 0 Å². The van der Waals surface area contributed by atoms with Crippen molar-refractivity contribution in [1.29, 1.82) is 0 Å². The number of aryl methyl sites for hydroxylation is 2. The van der Waals surface area contributed by atoms with E-state index in [1.807, 2.05) is 6.07 Å². The Bertz CT molecular complexity index is 892. The molecule has 0 atom stereocenters. The minimum absolute atomic E-state index is 0.0403. The summed E-state index contributed by atoms with van der Waals surface area (Å²) in [4.78, 5) is 14.6. The minimum atomic E-state index is -0.0403. The number of carbonyl (C=O) groups is 1. The van der Waals surface area contributed by atoms with E-state index in [-0.39, 0.29) is 5.91 Å². The van der Waals surface area contributed by atoms with Gasteiger partial charge in [0.25, 0.3) is 0 Å². The molecule has 0 aliphatic heterocycles. The molecule has 1 aliphatic rings. The second-order valence-electron chi connectivity index (χ2n) is 5.86. The van der Waals surface area contributed by atoms with E-state index in [9.17, 15) is 4.79 Å². The number of amides is 1. The maximum Gasteiger partial charge on any atom is 0.236 e. The van der Waals surface area contributed by atoms with Crippen LogP contribution in [0.5, 0.6) is 0 Å². The first-order valence-corrected chi connectivity index (χ1v) is 12.0. The normalized spacial score (nSPS) is 12.9. The molecule has 0 bridgehead atoms. The molecule has 0 spiro atoms. The number of nitrogens with one attached hydrogen (secondary N) is 1. The van der Waals surface area contributed by atoms with E-state index in [1.54, 1.807) is 34.9 Å². The predicted octanol–water partition coefficient (Wildman–Crippen LogP) is 5.11. The second kappa shape index (κ2) is 8.56. The van der Waals surface area contributed by atoms with Gasteiger partial charge in [0, 0.05) is 15.5 Å². The molecule has 1 aromatic carbocycles. The number of anilines is 1. The van der Waals surface area contributed by atoms with Crippen molar-refractivity contribution in [2.45, 2.75) is 34.3 Å². The van der Waals surface area contributed by atoms with Crippen molar-refractivity contribution in [3.05, 3.63) is 51.7 Å². The van der Waals surface area contributed by atoms with Crippen molar-refractivity contribution in [3.8, 4) is 0 Å². The van der Waals surface area contributed by atoms with Crippen molar-refractivity contribution in [3.63, 3.8) is 0 Å². The molecule has 1 N–H and O–H groups in total. The summed E-state index contributed by atoms with van der Waals surface area (Å²) in [6, 6.07) is 10.7. The summed E-state index contributed by atoms with van der Waals surface area (Å²) in [6.07, 6.45) is 3.59. The van der Waals surface area contributed by atoms with Gasteiger partial charge in [-0.25, -0.2) is 0 Å². The van der Waals surface area contributed by atoms with Crippen LogP contribution in [-0.2, 0) is 23.4 Å². The molecule has 4 nitrogen and oxygen atoms in total. The monoisotopic (exact) mass is 419 g/mol. The van der Waals surface area contributed by atoms with E-state index in [0.717, 1.165) is 21.4 Å². The Kier molecular flexibility index (Phi) is 5.94. The average Bonchev–Trinajstić information content (AvgIpc) is 3.39. The third-order valence-corrected chi connectivity index (χ3v) is 8.08. The minimum Gasteiger partial charge on any atom is -0.300 e. The number of rotatable bonds is 7. The molecule has 0 fully saturated rings. The Morgan fingerprint density at radius 1 is 1.15 bits per heavy atom. The van der Waals surface area contributed by atoms with Crippen LogP contribution in [0.1, 0.15) is 22.4 Å². The fourth-order valence-electron chi connectivity index (χ4n) is 2.79. The van der Waals surface area contributed by atoms with Gasteiger partial charge in [-0.05, 0) is 54.0 Å². The molecule has 8 heteroatoms. The van der Waals surface area contributed by atoms with E-state index < -0.39 is 0 Å². The van der Waals surface area contributed by atoms with Crippen molar-refractivity contribution in [1.82, 2.24) is 10.2 Å². The van der Waals surface area contributed by atoms with E-state index in [4.69, 9.17) is 0 Å². The van der Waals surface area contributed by atoms with Crippen molar-refractivity contribution in [2.75, 3.05) is 11.1 Å². The molecule has 1 aliphatic carbocycles. The molecule has 134 valence electrons. The highest BCUT2D eigenvalue weighted by Gasteiger charge is 2.13. The number of benzene rings is 1. The molecular weight excluding hydrogens is 402 g/mol. The van der Waals surface area contributed by atoms with Gasteiger partial charge in [-0.2, -0.15) is 0 Å². The first-order valence-electron chi connectivity index (χ1n) is 8.29. The molecule has 1 amide bonds. The molecule has 2 heterocycles. The highest BCUT2D eigenvalue weighted by atomic mass is 32.2. The topological polar surface area (TPSA) is 54.9 Å². The van der Waals surface area contributed by atoms with Gasteiger partial charge in [-0.15, -0.1) is 33.3 Å². The molecule has 0 saturated carbocycles. The number of thiophene rings is 1. The highest BCUT2D eigenvalue weighted by Crippen LogP contribution is 2.30. The highest BCUT2D eigenvalue weighted by molar-refractivity contribution is 8.00. The Hall–Kier alpha value is -1.35. The number of aromatic nitrogens is 2. The molecule has 0 saturated heterocycles. The lowest BCUT2D eigenvalue weighted by molar-refractivity contribution is -0.113. The summed E-state index contributed by atoms with van der Waals surface area (Å²) in [5.74, 6) is 1.23. The molecule has 2 aromatic heterocycles. The first kappa shape index (κ1) is 18.0. The summed E-state index contributed by atoms with van der Waals surface area (Å²) < 4.78 is 0.875. The lowest BCUT2D eigenvalue weighted by Crippen LogP contribution is -2.13. The van der Waals surface area contributed by atoms with Crippen LogP contribution in [0.4, 0.5) is 5.13 Å². The van der Waals surface area contributed by atoms with E-state index in [0.29, 0.717) is 10.9 Å². The average molecular weight is 420 g/mol. The van der Waals surface area contributed by atoms with Gasteiger partial charge >= 0.3 is 0 Å². The van der Waals surface area contributed by atoms with E-state index >= 15 is 0 Å². The summed E-state index contributed by atoms with van der Waals surface area (Å²) >= 11 is 6.38. The fourth-order valence-corrected chi connectivity index (χ4v) is 6.09. The van der Waals surface area contributed by atoms with Gasteiger partial charge < -0.3 is 0 Å². The van der Waals surface area contributed by atoms with Crippen LogP contribution in [0, 0.1) is 0 Å². The van der Waals surface area contributed by atoms with Crippen LogP contribution in [0.3, 0.4) is 0 Å². The molecule has 3 aromatic rings. The zero-order valence-corrected chi connectivity index (χ0v) is 17.2. The number of nitrogens with zero attached hydrogens (tertiary/aromatic N) is 2. The maximum atomic E-state index is 12.2. The summed E-state index contributed by atoms with van der Waals surface area (Å²) in [5.41, 5.74) is 2.90. The smallest absolute Gasteiger partial charge is 0.236 e. The van der Waals surface area contributed by atoms with Gasteiger partial charge in [0.2, 0.25) is 11.0 Å². The van der Waals surface area contributed by atoms with E-state index in [1.165, 1.54) is 40.2 Å². The second-order valence-corrected chi connectivity index (χ2v) is 10.1. The molecule has 0 unspecified atom stereocenters. The zero-order valence-electron chi connectivity index (χ0n) is 13.9. The SMILES string of the molecule is O=C(CSc1ccc2c(c1)CCC2)Nc1nnc(SCc2cccs2)s1. The molecule has 26 heavy (non-hydrogen) atoms. The molecule has 4 rings (SSSR count). The van der Waals surface area contributed by atoms with Gasteiger partial charge in [0.05, 0.1) is 5.75 Å². The van der Waals surface area contributed by atoms with Crippen LogP contribution in [-0.4, -0.2) is 21.9 Å². The fraction of sp³-hybridized carbons (Fsp3) is 0.278. The van der Waals surface area contributed by atoms with Crippen molar-refractivity contribution >= 4 is 57.2 Å². The standard InChI is InChI=1S/C18H17N3OS4/c22-16(11-24-14-7-6-12-3-1-4-13(12)9-14)19-17-20-21-18(26-17)25-10-15-5-2-8-23-15/h2,5-9H,1,3-4,10-11H2,(H,19,20,22). The lowest BCUT2D eigenvalue weighted by Gasteiger charge is -2.04. The Morgan fingerprint density at radius 3 is 2.96 bits per heavy atom. The summed E-state index contributed by atoms with van der Waals surface area (Å²) in [6.45, 7) is 0. The summed E-state index contributed by atoms with van der Waals surface area (Å²) in [5, 5.41) is 13.7. The number of fused-ring (bicyclic) bond motifs is 1. The number of carbonyl (C=O) groups excluding carboxylic acids is 1. The molecule has 0 radical (unpaired) electrons. The lowest BCUT2D eigenvalue weighted by atomic mass is 10.1. The third kappa shape index (κ3) is 4.68. The maximum absolute atomic E-state index is 12.2. The number of hydrogen-bond donors (Lipinski definition) is 1. The Labute approximate surface area is 168 Å². The molecular formula is C18H17N3OS4. The van der Waals surface area contributed by atoms with Gasteiger partial charge in [-0.1, -0.05) is 35.2 Å². The van der Waals surface area contributed by atoms with Crippen LogP contribution in [0.2, 0.25) is 0 Å². The Balaban J connectivity index is 1.25. The van der Waals surface area contributed by atoms with Gasteiger partial charge in [0.1, 0.15) is 0 Å². The Morgan fingerprint density at radius 2 is 2.08 bits per heavy atom. The van der Waals surface area contributed by atoms with Crippen molar-refractivity contribution in [2.24, 2.45) is 0 Å². The van der Waals surface area contributed by atoms with Crippen molar-refractivity contribution < 1.29 is 4.79 Å². The third-order valence-electron chi connectivity index (χ3n) is 4.01. The summed E-state index contributed by atoms with van der Waals surface area (Å²) in [7, 11) is 0. The predicted molar refractivity (Wildman–Crippen MR) is 112 cm³/mol. The van der Waals surface area contributed by atoms with Gasteiger partial charge in [0.15, 0.2) is 4.34 Å². The quantitative estimate of drug-likeness (QED) is 0.426. The first-order chi connectivity index (χ1) is 12.8. The number of thioether (sulfide) groups is 2. The van der Waals surface area contributed by atoms with Crippen LogP contribution < -0.4 is 5.32 Å². The van der Waals surface area contributed by atoms with Gasteiger partial charge in [-0.3, -0.25) is 10.1 Å².